The van der Waals surface area contributed by atoms with Crippen LogP contribution in [0, 0.1) is 19.8 Å². The topological polar surface area (TPSA) is 41.3 Å². The Hall–Kier alpha value is -1.36. The number of benzene rings is 1. The number of aliphatic hydroxyl groups excluding tert-OH is 1. The van der Waals surface area contributed by atoms with Gasteiger partial charge in [-0.2, -0.15) is 5.10 Å². The molecule has 4 nitrogen and oxygen atoms in total. The highest BCUT2D eigenvalue weighted by atomic mass is 35.5. The average molecular weight is 362 g/mol. The lowest BCUT2D eigenvalue weighted by Crippen LogP contribution is -2.42. The van der Waals surface area contributed by atoms with Crippen molar-refractivity contribution in [1.82, 2.24) is 14.7 Å². The molecular formula is C20H28ClN3O. The molecule has 1 fully saturated rings. The standard InChI is InChI=1S/C20H28ClN3O/c1-14-4-5-18(13-25)10-23(14)12-20-15(2)22-24(16(20)3)11-17-6-8-19(21)9-7-17/h6-9,14,18,25H,4-5,10-13H2,1-3H3/t14-,18-/m0/s1. The first kappa shape index (κ1) is 18.4. The molecule has 0 spiro atoms. The maximum atomic E-state index is 9.51. The largest absolute Gasteiger partial charge is 0.396 e. The van der Waals surface area contributed by atoms with Crippen molar-refractivity contribution < 1.29 is 5.11 Å². The van der Waals surface area contributed by atoms with E-state index < -0.39 is 0 Å². The minimum atomic E-state index is 0.289. The third-order valence-corrected chi connectivity index (χ3v) is 5.76. The van der Waals surface area contributed by atoms with Gasteiger partial charge in [-0.15, -0.1) is 0 Å². The fourth-order valence-corrected chi connectivity index (χ4v) is 3.84. The molecule has 0 amide bonds. The van der Waals surface area contributed by atoms with E-state index in [0.717, 1.165) is 43.2 Å². The molecule has 2 heterocycles. The molecule has 0 radical (unpaired) electrons. The number of piperidine rings is 1. The molecule has 3 rings (SSSR count). The van der Waals surface area contributed by atoms with Crippen molar-refractivity contribution in [3.05, 3.63) is 51.8 Å². The molecule has 5 heteroatoms. The summed E-state index contributed by atoms with van der Waals surface area (Å²) in [5, 5.41) is 15.0. The summed E-state index contributed by atoms with van der Waals surface area (Å²) in [6.45, 7) is 9.48. The molecule has 1 aromatic carbocycles. The number of nitrogens with zero attached hydrogens (tertiary/aromatic N) is 3. The molecule has 0 saturated carbocycles. The zero-order chi connectivity index (χ0) is 18.0. The smallest absolute Gasteiger partial charge is 0.0662 e. The maximum absolute atomic E-state index is 9.51. The van der Waals surface area contributed by atoms with Gasteiger partial charge in [-0.05, 0) is 57.2 Å². The van der Waals surface area contributed by atoms with E-state index in [4.69, 9.17) is 16.7 Å². The molecule has 0 bridgehead atoms. The molecule has 0 aliphatic carbocycles. The Labute approximate surface area is 155 Å². The summed E-state index contributed by atoms with van der Waals surface area (Å²) in [4.78, 5) is 2.49. The van der Waals surface area contributed by atoms with Gasteiger partial charge in [0.1, 0.15) is 0 Å². The Bertz CT molecular complexity index is 710. The molecule has 1 aliphatic rings. The Morgan fingerprint density at radius 3 is 2.56 bits per heavy atom. The van der Waals surface area contributed by atoms with Gasteiger partial charge in [0.05, 0.1) is 12.2 Å². The summed E-state index contributed by atoms with van der Waals surface area (Å²) in [7, 11) is 0. The fraction of sp³-hybridized carbons (Fsp3) is 0.550. The minimum absolute atomic E-state index is 0.289. The second-order valence-electron chi connectivity index (χ2n) is 7.34. The third-order valence-electron chi connectivity index (χ3n) is 5.51. The number of hydrogen-bond acceptors (Lipinski definition) is 3. The van der Waals surface area contributed by atoms with Crippen molar-refractivity contribution in [2.24, 2.45) is 5.92 Å². The van der Waals surface area contributed by atoms with Crippen LogP contribution in [0.1, 0.15) is 42.3 Å². The molecule has 0 unspecified atom stereocenters. The number of likely N-dealkylation sites (tertiary alicyclic amines) is 1. The second-order valence-corrected chi connectivity index (χ2v) is 7.77. The van der Waals surface area contributed by atoms with Crippen molar-refractivity contribution in [3.63, 3.8) is 0 Å². The van der Waals surface area contributed by atoms with Crippen LogP contribution in [-0.2, 0) is 13.1 Å². The summed E-state index contributed by atoms with van der Waals surface area (Å²) in [5.74, 6) is 0.404. The van der Waals surface area contributed by atoms with Crippen LogP contribution in [0.5, 0.6) is 0 Å². The fourth-order valence-electron chi connectivity index (χ4n) is 3.71. The van der Waals surface area contributed by atoms with Gasteiger partial charge in [0, 0.05) is 42.0 Å². The van der Waals surface area contributed by atoms with Crippen LogP contribution in [0.4, 0.5) is 0 Å². The van der Waals surface area contributed by atoms with Crippen molar-refractivity contribution in [3.8, 4) is 0 Å². The Morgan fingerprint density at radius 1 is 1.16 bits per heavy atom. The molecule has 25 heavy (non-hydrogen) atoms. The number of aliphatic hydroxyl groups is 1. The van der Waals surface area contributed by atoms with Crippen LogP contribution in [0.2, 0.25) is 5.02 Å². The third kappa shape index (κ3) is 4.25. The Morgan fingerprint density at radius 2 is 1.88 bits per heavy atom. The van der Waals surface area contributed by atoms with Crippen molar-refractivity contribution in [1.29, 1.82) is 0 Å². The van der Waals surface area contributed by atoms with Gasteiger partial charge >= 0.3 is 0 Å². The highest BCUT2D eigenvalue weighted by molar-refractivity contribution is 6.30. The van der Waals surface area contributed by atoms with Gasteiger partial charge in [0.2, 0.25) is 0 Å². The van der Waals surface area contributed by atoms with Crippen molar-refractivity contribution in [2.75, 3.05) is 13.2 Å². The van der Waals surface area contributed by atoms with Crippen LogP contribution in [0.3, 0.4) is 0 Å². The van der Waals surface area contributed by atoms with Gasteiger partial charge < -0.3 is 5.11 Å². The Kier molecular flexibility index (Phi) is 5.82. The molecule has 136 valence electrons. The normalized spacial score (nSPS) is 21.6. The number of aromatic nitrogens is 2. The average Bonchev–Trinajstić information content (AvgIpc) is 2.86. The predicted molar refractivity (Wildman–Crippen MR) is 102 cm³/mol. The van der Waals surface area contributed by atoms with Gasteiger partial charge in [-0.3, -0.25) is 9.58 Å². The summed E-state index contributed by atoms with van der Waals surface area (Å²) >= 11 is 5.98. The van der Waals surface area contributed by atoms with Crippen molar-refractivity contribution in [2.45, 2.75) is 52.7 Å². The van der Waals surface area contributed by atoms with Gasteiger partial charge in [-0.1, -0.05) is 23.7 Å². The lowest BCUT2D eigenvalue weighted by molar-refractivity contribution is 0.0768. The Balaban J connectivity index is 1.76. The number of aryl methyl sites for hydroxylation is 1. The van der Waals surface area contributed by atoms with E-state index in [0.29, 0.717) is 12.0 Å². The first-order chi connectivity index (χ1) is 12.0. The van der Waals surface area contributed by atoms with Crippen molar-refractivity contribution >= 4 is 11.6 Å². The zero-order valence-electron chi connectivity index (χ0n) is 15.4. The summed E-state index contributed by atoms with van der Waals surface area (Å²) < 4.78 is 2.09. The maximum Gasteiger partial charge on any atom is 0.0662 e. The van der Waals surface area contributed by atoms with Crippen LogP contribution in [0.15, 0.2) is 24.3 Å². The predicted octanol–water partition coefficient (Wildman–Crippen LogP) is 3.79. The van der Waals surface area contributed by atoms with E-state index in [9.17, 15) is 5.11 Å². The number of rotatable bonds is 5. The highest BCUT2D eigenvalue weighted by Gasteiger charge is 2.26. The SMILES string of the molecule is Cc1nn(Cc2ccc(Cl)cc2)c(C)c1CN1C[C@@H](CO)CC[C@@H]1C. The molecule has 1 aliphatic heterocycles. The molecule has 1 saturated heterocycles. The second kappa shape index (κ2) is 7.90. The summed E-state index contributed by atoms with van der Waals surface area (Å²) in [6.07, 6.45) is 2.28. The first-order valence-electron chi connectivity index (χ1n) is 9.10. The first-order valence-corrected chi connectivity index (χ1v) is 9.48. The summed E-state index contributed by atoms with van der Waals surface area (Å²) in [5.41, 5.74) is 4.85. The monoisotopic (exact) mass is 361 g/mol. The van der Waals surface area contributed by atoms with Gasteiger partial charge in [-0.25, -0.2) is 0 Å². The van der Waals surface area contributed by atoms with E-state index >= 15 is 0 Å². The number of hydrogen-bond donors (Lipinski definition) is 1. The summed E-state index contributed by atoms with van der Waals surface area (Å²) in [6, 6.07) is 8.51. The van der Waals surface area contributed by atoms with Crippen LogP contribution in [-0.4, -0.2) is 39.0 Å². The molecule has 2 aromatic rings. The van der Waals surface area contributed by atoms with Crippen LogP contribution in [0.25, 0.3) is 0 Å². The molecule has 1 N–H and O–H groups in total. The van der Waals surface area contributed by atoms with Gasteiger partial charge in [0.25, 0.3) is 0 Å². The van der Waals surface area contributed by atoms with Crippen LogP contribution >= 0.6 is 11.6 Å². The number of halogens is 1. The van der Waals surface area contributed by atoms with E-state index in [1.54, 1.807) is 0 Å². The molecule has 2 atom stereocenters. The molecular weight excluding hydrogens is 334 g/mol. The molecule has 1 aromatic heterocycles. The highest BCUT2D eigenvalue weighted by Crippen LogP contribution is 2.25. The van der Waals surface area contributed by atoms with E-state index in [1.807, 2.05) is 12.1 Å². The van der Waals surface area contributed by atoms with E-state index in [-0.39, 0.29) is 6.61 Å². The van der Waals surface area contributed by atoms with Gasteiger partial charge in [0.15, 0.2) is 0 Å². The lowest BCUT2D eigenvalue weighted by atomic mass is 9.93. The minimum Gasteiger partial charge on any atom is -0.396 e. The lowest BCUT2D eigenvalue weighted by Gasteiger charge is -2.37. The van der Waals surface area contributed by atoms with E-state index in [1.165, 1.54) is 16.8 Å². The van der Waals surface area contributed by atoms with Crippen LogP contribution < -0.4 is 0 Å². The quantitative estimate of drug-likeness (QED) is 0.880. The zero-order valence-corrected chi connectivity index (χ0v) is 16.1. The van der Waals surface area contributed by atoms with E-state index in [2.05, 4.69) is 42.5 Å².